The minimum atomic E-state index is -0.735. The Labute approximate surface area is 181 Å². The number of nitrogens with zero attached hydrogens (tertiary/aromatic N) is 2. The molecule has 2 aromatic rings. The smallest absolute Gasteiger partial charge is 0.243 e. The molecule has 162 valence electrons. The van der Waals surface area contributed by atoms with Gasteiger partial charge in [-0.05, 0) is 23.5 Å². The number of likely N-dealkylation sites (tertiary alicyclic amines) is 1. The number of β-amino-alcohol motifs (C(OH)–C–C–N with tert-alkyl or cyclic N) is 1. The molecule has 1 saturated heterocycles. The van der Waals surface area contributed by atoms with Crippen LogP contribution in [0.1, 0.15) is 38.4 Å². The zero-order chi connectivity index (χ0) is 22.1. The first-order valence-corrected chi connectivity index (χ1v) is 11.0. The van der Waals surface area contributed by atoms with Crippen molar-refractivity contribution in [2.75, 3.05) is 6.54 Å². The van der Waals surface area contributed by atoms with Crippen molar-refractivity contribution in [3.8, 4) is 10.4 Å². The van der Waals surface area contributed by atoms with Gasteiger partial charge in [0.2, 0.25) is 11.8 Å². The second kappa shape index (κ2) is 8.83. The quantitative estimate of drug-likeness (QED) is 0.673. The first-order valence-electron chi connectivity index (χ1n) is 10.1. The van der Waals surface area contributed by atoms with E-state index in [1.54, 1.807) is 11.3 Å². The third kappa shape index (κ3) is 4.88. The van der Waals surface area contributed by atoms with Gasteiger partial charge >= 0.3 is 0 Å². The van der Waals surface area contributed by atoms with Gasteiger partial charge in [-0.15, -0.1) is 11.3 Å². The summed E-state index contributed by atoms with van der Waals surface area (Å²) in [6, 6.07) is 6.52. The Bertz CT molecular complexity index is 904. The van der Waals surface area contributed by atoms with Crippen molar-refractivity contribution in [1.82, 2.24) is 15.2 Å². The van der Waals surface area contributed by atoms with Gasteiger partial charge < -0.3 is 21.1 Å². The van der Waals surface area contributed by atoms with Gasteiger partial charge in [-0.3, -0.25) is 9.59 Å². The van der Waals surface area contributed by atoms with Crippen LogP contribution in [-0.2, 0) is 16.1 Å². The van der Waals surface area contributed by atoms with E-state index >= 15 is 0 Å². The third-order valence-corrected chi connectivity index (χ3v) is 6.47. The lowest BCUT2D eigenvalue weighted by molar-refractivity contribution is -0.141. The maximum absolute atomic E-state index is 12.8. The van der Waals surface area contributed by atoms with Gasteiger partial charge in [0.25, 0.3) is 0 Å². The number of aryl methyl sites for hydroxylation is 1. The van der Waals surface area contributed by atoms with E-state index in [-0.39, 0.29) is 24.8 Å². The van der Waals surface area contributed by atoms with Crippen LogP contribution in [0.3, 0.4) is 0 Å². The second-order valence-electron chi connectivity index (χ2n) is 8.92. The van der Waals surface area contributed by atoms with E-state index in [1.807, 2.05) is 57.5 Å². The highest BCUT2D eigenvalue weighted by Gasteiger charge is 2.42. The summed E-state index contributed by atoms with van der Waals surface area (Å²) in [7, 11) is 0. The zero-order valence-corrected chi connectivity index (χ0v) is 18.7. The van der Waals surface area contributed by atoms with Crippen molar-refractivity contribution >= 4 is 23.2 Å². The number of nitrogens with two attached hydrogens (primary N) is 1. The van der Waals surface area contributed by atoms with Crippen LogP contribution < -0.4 is 11.1 Å². The van der Waals surface area contributed by atoms with E-state index in [1.165, 1.54) is 4.90 Å². The molecule has 0 aliphatic carbocycles. The summed E-state index contributed by atoms with van der Waals surface area (Å²) in [6.45, 7) is 8.11. The highest BCUT2D eigenvalue weighted by molar-refractivity contribution is 7.13. The summed E-state index contributed by atoms with van der Waals surface area (Å²) in [5.41, 5.74) is 10.6. The first-order chi connectivity index (χ1) is 14.1. The molecule has 1 fully saturated rings. The molecule has 30 heavy (non-hydrogen) atoms. The molecule has 1 aromatic heterocycles. The van der Waals surface area contributed by atoms with Crippen LogP contribution in [0.4, 0.5) is 0 Å². The lowest BCUT2D eigenvalue weighted by atomic mass is 9.86. The number of rotatable bonds is 5. The molecule has 0 bridgehead atoms. The van der Waals surface area contributed by atoms with E-state index in [2.05, 4.69) is 10.3 Å². The molecule has 7 nitrogen and oxygen atoms in total. The number of carbonyl (C=O) groups is 2. The summed E-state index contributed by atoms with van der Waals surface area (Å²) < 4.78 is 0. The third-order valence-electron chi connectivity index (χ3n) is 5.49. The Kier molecular flexibility index (Phi) is 6.59. The molecule has 2 amide bonds. The maximum Gasteiger partial charge on any atom is 0.243 e. The van der Waals surface area contributed by atoms with Crippen molar-refractivity contribution in [3.05, 3.63) is 41.0 Å². The van der Waals surface area contributed by atoms with E-state index in [0.29, 0.717) is 6.54 Å². The molecule has 0 saturated carbocycles. The fourth-order valence-corrected chi connectivity index (χ4v) is 4.33. The Morgan fingerprint density at radius 1 is 1.33 bits per heavy atom. The average Bonchev–Trinajstić information content (AvgIpc) is 3.30. The van der Waals surface area contributed by atoms with E-state index in [0.717, 1.165) is 21.7 Å². The lowest BCUT2D eigenvalue weighted by Crippen LogP contribution is -2.54. The van der Waals surface area contributed by atoms with Crippen LogP contribution in [0.15, 0.2) is 29.8 Å². The standard InChI is InChI=1S/C22H30N4O3S/c1-13-18(30-12-25-13)15-7-5-14(6-8-15)10-24-20(28)17-9-16(27)11-26(17)21(29)19(23)22(2,3)4/h5-8,12,16-17,19,27H,9-11,23H2,1-4H3,(H,24,28)/t16?,17-,19+/m0/s1. The molecular weight excluding hydrogens is 400 g/mol. The summed E-state index contributed by atoms with van der Waals surface area (Å²) in [4.78, 5) is 32.4. The normalized spacial score (nSPS) is 20.3. The number of aliphatic hydroxyl groups excluding tert-OH is 1. The van der Waals surface area contributed by atoms with Crippen LogP contribution in [0.25, 0.3) is 10.4 Å². The number of amides is 2. The number of thiazole rings is 1. The summed E-state index contributed by atoms with van der Waals surface area (Å²) >= 11 is 1.60. The molecule has 1 unspecified atom stereocenters. The predicted molar refractivity (Wildman–Crippen MR) is 118 cm³/mol. The molecule has 1 aliphatic heterocycles. The van der Waals surface area contributed by atoms with Crippen molar-refractivity contribution < 1.29 is 14.7 Å². The summed E-state index contributed by atoms with van der Waals surface area (Å²) in [5, 5.41) is 13.0. The predicted octanol–water partition coefficient (Wildman–Crippen LogP) is 2.07. The topological polar surface area (TPSA) is 109 Å². The van der Waals surface area contributed by atoms with Crippen LogP contribution in [0.5, 0.6) is 0 Å². The SMILES string of the molecule is Cc1ncsc1-c1ccc(CNC(=O)[C@@H]2CC(O)CN2C(=O)[C@@H](N)C(C)(C)C)cc1. The molecule has 8 heteroatoms. The van der Waals surface area contributed by atoms with E-state index in [9.17, 15) is 14.7 Å². The highest BCUT2D eigenvalue weighted by atomic mass is 32.1. The summed E-state index contributed by atoms with van der Waals surface area (Å²) in [5.74, 6) is -0.577. The van der Waals surface area contributed by atoms with Gasteiger partial charge in [-0.25, -0.2) is 4.98 Å². The van der Waals surface area contributed by atoms with Gasteiger partial charge in [0, 0.05) is 19.5 Å². The summed E-state index contributed by atoms with van der Waals surface area (Å²) in [6.07, 6.45) is -0.503. The number of hydrogen-bond donors (Lipinski definition) is 3. The number of hydrogen-bond acceptors (Lipinski definition) is 6. The largest absolute Gasteiger partial charge is 0.391 e. The molecular formula is C22H30N4O3S. The monoisotopic (exact) mass is 430 g/mol. The zero-order valence-electron chi connectivity index (χ0n) is 17.9. The van der Waals surface area contributed by atoms with Crippen molar-refractivity contribution in [1.29, 1.82) is 0 Å². The van der Waals surface area contributed by atoms with Crippen LogP contribution in [-0.4, -0.2) is 51.5 Å². The van der Waals surface area contributed by atoms with Crippen molar-refractivity contribution in [2.24, 2.45) is 11.1 Å². The van der Waals surface area contributed by atoms with Crippen molar-refractivity contribution in [2.45, 2.75) is 58.8 Å². The molecule has 4 N–H and O–H groups in total. The number of nitrogens with one attached hydrogen (secondary N) is 1. The Hall–Kier alpha value is -2.29. The molecule has 0 spiro atoms. The lowest BCUT2D eigenvalue weighted by Gasteiger charge is -2.32. The maximum atomic E-state index is 12.8. The van der Waals surface area contributed by atoms with Gasteiger partial charge in [0.05, 0.1) is 28.2 Å². The molecule has 0 radical (unpaired) electrons. The van der Waals surface area contributed by atoms with Crippen LogP contribution >= 0.6 is 11.3 Å². The van der Waals surface area contributed by atoms with Crippen LogP contribution in [0, 0.1) is 12.3 Å². The Morgan fingerprint density at radius 3 is 2.57 bits per heavy atom. The fourth-order valence-electron chi connectivity index (χ4n) is 3.51. The number of benzene rings is 1. The van der Waals surface area contributed by atoms with E-state index < -0.39 is 23.6 Å². The Morgan fingerprint density at radius 2 is 2.00 bits per heavy atom. The van der Waals surface area contributed by atoms with E-state index in [4.69, 9.17) is 5.73 Å². The van der Waals surface area contributed by atoms with Gasteiger partial charge in [-0.1, -0.05) is 45.0 Å². The highest BCUT2D eigenvalue weighted by Crippen LogP contribution is 2.27. The number of aromatic nitrogens is 1. The van der Waals surface area contributed by atoms with Crippen LogP contribution in [0.2, 0.25) is 0 Å². The molecule has 1 aliphatic rings. The second-order valence-corrected chi connectivity index (χ2v) is 9.78. The Balaban J connectivity index is 1.63. The molecule has 3 rings (SSSR count). The number of carbonyl (C=O) groups excluding carboxylic acids is 2. The van der Waals surface area contributed by atoms with Gasteiger partial charge in [0.1, 0.15) is 6.04 Å². The minimum Gasteiger partial charge on any atom is -0.391 e. The first kappa shape index (κ1) is 22.4. The molecule has 3 atom stereocenters. The molecule has 1 aromatic carbocycles. The number of aliphatic hydroxyl groups is 1. The van der Waals surface area contributed by atoms with Gasteiger partial charge in [-0.2, -0.15) is 0 Å². The van der Waals surface area contributed by atoms with Crippen molar-refractivity contribution in [3.63, 3.8) is 0 Å². The fraction of sp³-hybridized carbons (Fsp3) is 0.500. The van der Waals surface area contributed by atoms with Gasteiger partial charge in [0.15, 0.2) is 0 Å². The molecule has 2 heterocycles. The minimum absolute atomic E-state index is 0.129. The average molecular weight is 431 g/mol.